The topological polar surface area (TPSA) is 20.2 Å². The van der Waals surface area contributed by atoms with Crippen LogP contribution < -0.4 is 0 Å². The maximum absolute atomic E-state index is 8.69. The van der Waals surface area contributed by atoms with E-state index in [0.717, 1.165) is 12.8 Å². The van der Waals surface area contributed by atoms with Crippen molar-refractivity contribution in [1.29, 1.82) is 0 Å². The molecule has 0 rings (SSSR count). The van der Waals surface area contributed by atoms with Gasteiger partial charge in [0.15, 0.2) is 0 Å². The SMILES string of the molecule is CC(C)=CCC/C(C)=C/C=C/CCCCCCCCCO. The van der Waals surface area contributed by atoms with Gasteiger partial charge >= 0.3 is 0 Å². The Labute approximate surface area is 132 Å². The first kappa shape index (κ1) is 20.2. The first-order valence-electron chi connectivity index (χ1n) is 8.73. The molecule has 0 aliphatic rings. The maximum Gasteiger partial charge on any atom is 0.0431 e. The lowest BCUT2D eigenvalue weighted by molar-refractivity contribution is 0.282. The second kappa shape index (κ2) is 15.6. The largest absolute Gasteiger partial charge is 0.396 e. The molecule has 21 heavy (non-hydrogen) atoms. The summed E-state index contributed by atoms with van der Waals surface area (Å²) < 4.78 is 0. The smallest absolute Gasteiger partial charge is 0.0431 e. The van der Waals surface area contributed by atoms with Gasteiger partial charge in [-0.15, -0.1) is 0 Å². The fourth-order valence-electron chi connectivity index (χ4n) is 2.26. The fourth-order valence-corrected chi connectivity index (χ4v) is 2.26. The molecule has 0 amide bonds. The van der Waals surface area contributed by atoms with Gasteiger partial charge in [-0.05, 0) is 52.9 Å². The summed E-state index contributed by atoms with van der Waals surface area (Å²) >= 11 is 0. The van der Waals surface area contributed by atoms with Gasteiger partial charge in [-0.1, -0.05) is 67.6 Å². The summed E-state index contributed by atoms with van der Waals surface area (Å²) in [5.74, 6) is 0. The number of unbranched alkanes of at least 4 members (excludes halogenated alkanes) is 7. The highest BCUT2D eigenvalue weighted by Gasteiger charge is 1.90. The zero-order chi connectivity index (χ0) is 15.8. The Morgan fingerprint density at radius 3 is 2.05 bits per heavy atom. The van der Waals surface area contributed by atoms with Crippen molar-refractivity contribution in [2.75, 3.05) is 6.61 Å². The molecule has 0 heterocycles. The summed E-state index contributed by atoms with van der Waals surface area (Å²) in [5.41, 5.74) is 2.88. The van der Waals surface area contributed by atoms with E-state index in [-0.39, 0.29) is 0 Å². The summed E-state index contributed by atoms with van der Waals surface area (Å²) in [4.78, 5) is 0. The summed E-state index contributed by atoms with van der Waals surface area (Å²) in [6.07, 6.45) is 21.4. The Hall–Kier alpha value is -0.820. The number of hydrogen-bond acceptors (Lipinski definition) is 1. The van der Waals surface area contributed by atoms with Gasteiger partial charge in [0.1, 0.15) is 0 Å². The minimum absolute atomic E-state index is 0.353. The van der Waals surface area contributed by atoms with Crippen LogP contribution in [0, 0.1) is 0 Å². The number of aliphatic hydroxyl groups excluding tert-OH is 1. The molecule has 0 saturated heterocycles. The molecule has 0 aliphatic carbocycles. The third-order valence-electron chi connectivity index (χ3n) is 3.64. The van der Waals surface area contributed by atoms with Crippen molar-refractivity contribution < 1.29 is 5.11 Å². The molecule has 122 valence electrons. The molecular formula is C20H36O. The van der Waals surface area contributed by atoms with Gasteiger partial charge in [-0.2, -0.15) is 0 Å². The zero-order valence-corrected chi connectivity index (χ0v) is 14.5. The predicted molar refractivity (Wildman–Crippen MR) is 95.6 cm³/mol. The molecule has 0 spiro atoms. The van der Waals surface area contributed by atoms with Crippen LogP contribution in [-0.4, -0.2) is 11.7 Å². The Bertz CT molecular complexity index is 306. The van der Waals surface area contributed by atoms with Gasteiger partial charge in [-0.3, -0.25) is 0 Å². The van der Waals surface area contributed by atoms with Gasteiger partial charge in [-0.25, -0.2) is 0 Å². The molecule has 0 aromatic carbocycles. The van der Waals surface area contributed by atoms with Crippen molar-refractivity contribution in [1.82, 2.24) is 0 Å². The van der Waals surface area contributed by atoms with Gasteiger partial charge in [0.25, 0.3) is 0 Å². The van der Waals surface area contributed by atoms with Crippen LogP contribution in [0.25, 0.3) is 0 Å². The van der Waals surface area contributed by atoms with Crippen LogP contribution >= 0.6 is 0 Å². The lowest BCUT2D eigenvalue weighted by Crippen LogP contribution is -1.83. The fraction of sp³-hybridized carbons (Fsp3) is 0.700. The van der Waals surface area contributed by atoms with Gasteiger partial charge in [0.05, 0.1) is 0 Å². The monoisotopic (exact) mass is 292 g/mol. The van der Waals surface area contributed by atoms with Crippen LogP contribution in [0.4, 0.5) is 0 Å². The van der Waals surface area contributed by atoms with E-state index in [9.17, 15) is 0 Å². The van der Waals surface area contributed by atoms with E-state index < -0.39 is 0 Å². The maximum atomic E-state index is 8.69. The van der Waals surface area contributed by atoms with Crippen LogP contribution in [0.15, 0.2) is 35.5 Å². The second-order valence-electron chi connectivity index (χ2n) is 6.25. The molecule has 0 saturated carbocycles. The lowest BCUT2D eigenvalue weighted by atomic mass is 10.1. The average molecular weight is 293 g/mol. The van der Waals surface area contributed by atoms with E-state index in [1.54, 1.807) is 0 Å². The van der Waals surface area contributed by atoms with Crippen LogP contribution in [0.1, 0.15) is 85.0 Å². The van der Waals surface area contributed by atoms with Crippen molar-refractivity contribution in [2.45, 2.75) is 85.0 Å². The zero-order valence-electron chi connectivity index (χ0n) is 14.5. The molecule has 0 aromatic rings. The van der Waals surface area contributed by atoms with Crippen molar-refractivity contribution in [3.05, 3.63) is 35.5 Å². The van der Waals surface area contributed by atoms with E-state index in [2.05, 4.69) is 45.1 Å². The molecule has 1 N–H and O–H groups in total. The predicted octanol–water partition coefficient (Wildman–Crippen LogP) is 6.35. The second-order valence-corrected chi connectivity index (χ2v) is 6.25. The van der Waals surface area contributed by atoms with Crippen molar-refractivity contribution in [3.63, 3.8) is 0 Å². The average Bonchev–Trinajstić information content (AvgIpc) is 2.44. The van der Waals surface area contributed by atoms with E-state index in [1.165, 1.54) is 62.5 Å². The first-order chi connectivity index (χ1) is 10.2. The van der Waals surface area contributed by atoms with E-state index in [0.29, 0.717) is 6.61 Å². The lowest BCUT2D eigenvalue weighted by Gasteiger charge is -1.99. The van der Waals surface area contributed by atoms with Crippen LogP contribution in [0.3, 0.4) is 0 Å². The number of hydrogen-bond donors (Lipinski definition) is 1. The van der Waals surface area contributed by atoms with Gasteiger partial charge in [0.2, 0.25) is 0 Å². The highest BCUT2D eigenvalue weighted by Crippen LogP contribution is 2.09. The highest BCUT2D eigenvalue weighted by molar-refractivity contribution is 5.11. The van der Waals surface area contributed by atoms with Crippen LogP contribution in [0.5, 0.6) is 0 Å². The molecular weight excluding hydrogens is 256 g/mol. The molecule has 0 unspecified atom stereocenters. The summed E-state index contributed by atoms with van der Waals surface area (Å²) in [6.45, 7) is 6.89. The Morgan fingerprint density at radius 1 is 0.810 bits per heavy atom. The quantitative estimate of drug-likeness (QED) is 0.238. The minimum Gasteiger partial charge on any atom is -0.396 e. The minimum atomic E-state index is 0.353. The van der Waals surface area contributed by atoms with Crippen LogP contribution in [0.2, 0.25) is 0 Å². The Kier molecular flexibility index (Phi) is 15.0. The molecule has 0 atom stereocenters. The molecule has 0 aromatic heterocycles. The van der Waals surface area contributed by atoms with Gasteiger partial charge in [0, 0.05) is 6.61 Å². The van der Waals surface area contributed by atoms with E-state index >= 15 is 0 Å². The standard InChI is InChI=1S/C20H36O/c1-19(2)15-14-17-20(3)16-12-10-8-6-4-5-7-9-11-13-18-21/h10,12,15-16,21H,4-9,11,13-14,17-18H2,1-3H3/b12-10+,20-16+. The normalized spacial score (nSPS) is 12.1. The number of aliphatic hydroxyl groups is 1. The van der Waals surface area contributed by atoms with Crippen molar-refractivity contribution >= 4 is 0 Å². The molecule has 1 heteroatoms. The first-order valence-corrected chi connectivity index (χ1v) is 8.73. The summed E-state index contributed by atoms with van der Waals surface area (Å²) in [6, 6.07) is 0. The Morgan fingerprint density at radius 2 is 1.43 bits per heavy atom. The molecule has 0 bridgehead atoms. The summed E-state index contributed by atoms with van der Waals surface area (Å²) in [5, 5.41) is 8.69. The third-order valence-corrected chi connectivity index (χ3v) is 3.64. The highest BCUT2D eigenvalue weighted by atomic mass is 16.2. The van der Waals surface area contributed by atoms with Crippen molar-refractivity contribution in [2.24, 2.45) is 0 Å². The third kappa shape index (κ3) is 17.1. The van der Waals surface area contributed by atoms with Gasteiger partial charge < -0.3 is 5.11 Å². The number of allylic oxidation sites excluding steroid dienone is 6. The number of rotatable bonds is 13. The molecule has 1 nitrogen and oxygen atoms in total. The molecule has 0 aliphatic heterocycles. The summed E-state index contributed by atoms with van der Waals surface area (Å²) in [7, 11) is 0. The van der Waals surface area contributed by atoms with E-state index in [4.69, 9.17) is 5.11 Å². The Balaban J connectivity index is 3.44. The van der Waals surface area contributed by atoms with Crippen LogP contribution in [-0.2, 0) is 0 Å². The molecule has 0 radical (unpaired) electrons. The van der Waals surface area contributed by atoms with Crippen molar-refractivity contribution in [3.8, 4) is 0 Å². The van der Waals surface area contributed by atoms with E-state index in [1.807, 2.05) is 0 Å². The molecule has 0 fully saturated rings.